The van der Waals surface area contributed by atoms with E-state index in [1.807, 2.05) is 47.0 Å². The molecule has 5 aromatic rings. The Morgan fingerprint density at radius 2 is 1.53 bits per heavy atom. The molecule has 0 unspecified atom stereocenters. The van der Waals surface area contributed by atoms with Crippen LogP contribution in [0.2, 0.25) is 0 Å². The van der Waals surface area contributed by atoms with E-state index < -0.39 is 0 Å². The van der Waals surface area contributed by atoms with E-state index in [1.165, 1.54) is 12.1 Å². The molecule has 36 heavy (non-hydrogen) atoms. The standard InChI is InChI=1S/C27H24FN7O/c28-20-10-12-21(13-11-20)29-24(36)18-33-14-16-34(17-15-33)27-23-9-5-4-8-22(23)26-31-30-25(35(26)32-27)19-6-2-1-3-7-19/h1-13H,14-18H2,(H,29,36). The summed E-state index contributed by atoms with van der Waals surface area (Å²) >= 11 is 0. The van der Waals surface area contributed by atoms with Crippen molar-refractivity contribution in [1.29, 1.82) is 0 Å². The van der Waals surface area contributed by atoms with E-state index in [-0.39, 0.29) is 18.3 Å². The minimum absolute atomic E-state index is 0.114. The SMILES string of the molecule is O=C(CN1CCN(c2nn3c(-c4ccccc4)nnc3c3ccccc23)CC1)Nc1ccc(F)cc1. The van der Waals surface area contributed by atoms with Crippen LogP contribution in [0.25, 0.3) is 27.8 Å². The van der Waals surface area contributed by atoms with E-state index in [4.69, 9.17) is 5.10 Å². The highest BCUT2D eigenvalue weighted by Gasteiger charge is 2.24. The van der Waals surface area contributed by atoms with Gasteiger partial charge in [0.15, 0.2) is 17.3 Å². The number of carbonyl (C=O) groups is 1. The zero-order chi connectivity index (χ0) is 24.5. The van der Waals surface area contributed by atoms with Gasteiger partial charge in [-0.05, 0) is 24.3 Å². The molecule has 6 rings (SSSR count). The van der Waals surface area contributed by atoms with Crippen LogP contribution >= 0.6 is 0 Å². The predicted octanol–water partition coefficient (Wildman–Crippen LogP) is 3.84. The molecule has 1 N–H and O–H groups in total. The Bertz CT molecular complexity index is 1530. The van der Waals surface area contributed by atoms with Crippen molar-refractivity contribution in [3.63, 3.8) is 0 Å². The number of hydrogen-bond donors (Lipinski definition) is 1. The van der Waals surface area contributed by atoms with Crippen molar-refractivity contribution in [2.75, 3.05) is 42.9 Å². The highest BCUT2D eigenvalue weighted by Crippen LogP contribution is 2.30. The number of nitrogens with one attached hydrogen (secondary N) is 1. The van der Waals surface area contributed by atoms with Gasteiger partial charge in [0.05, 0.1) is 6.54 Å². The maximum Gasteiger partial charge on any atom is 0.238 e. The molecule has 3 heterocycles. The summed E-state index contributed by atoms with van der Waals surface area (Å²) in [6.45, 7) is 3.18. The Morgan fingerprint density at radius 3 is 2.28 bits per heavy atom. The van der Waals surface area contributed by atoms with Crippen LogP contribution < -0.4 is 10.2 Å². The van der Waals surface area contributed by atoms with E-state index in [1.54, 1.807) is 12.1 Å². The van der Waals surface area contributed by atoms with Crippen molar-refractivity contribution >= 4 is 33.8 Å². The zero-order valence-corrected chi connectivity index (χ0v) is 19.5. The van der Waals surface area contributed by atoms with Gasteiger partial charge in [0.1, 0.15) is 5.82 Å². The predicted molar refractivity (Wildman–Crippen MR) is 137 cm³/mol. The third-order valence-corrected chi connectivity index (χ3v) is 6.44. The summed E-state index contributed by atoms with van der Waals surface area (Å²) in [5.41, 5.74) is 2.27. The largest absolute Gasteiger partial charge is 0.352 e. The number of rotatable bonds is 5. The smallest absolute Gasteiger partial charge is 0.238 e. The second-order valence-corrected chi connectivity index (χ2v) is 8.81. The number of fused-ring (bicyclic) bond motifs is 3. The fourth-order valence-electron chi connectivity index (χ4n) is 4.62. The van der Waals surface area contributed by atoms with Crippen LogP contribution in [0.4, 0.5) is 15.9 Å². The number of piperazine rings is 1. The summed E-state index contributed by atoms with van der Waals surface area (Å²) in [5.74, 6) is 1.14. The third-order valence-electron chi connectivity index (χ3n) is 6.44. The molecule has 2 aromatic heterocycles. The van der Waals surface area contributed by atoms with Crippen LogP contribution in [0, 0.1) is 5.82 Å². The molecular weight excluding hydrogens is 457 g/mol. The second kappa shape index (κ2) is 9.35. The number of aromatic nitrogens is 4. The van der Waals surface area contributed by atoms with E-state index in [2.05, 4.69) is 37.4 Å². The van der Waals surface area contributed by atoms with Crippen LogP contribution in [-0.2, 0) is 4.79 Å². The van der Waals surface area contributed by atoms with E-state index in [0.29, 0.717) is 11.5 Å². The number of carbonyl (C=O) groups excluding carboxylic acids is 1. The number of anilines is 2. The summed E-state index contributed by atoms with van der Waals surface area (Å²) in [5, 5.41) is 18.8. The zero-order valence-electron chi connectivity index (χ0n) is 19.5. The lowest BCUT2D eigenvalue weighted by molar-refractivity contribution is -0.117. The van der Waals surface area contributed by atoms with Gasteiger partial charge in [-0.3, -0.25) is 9.69 Å². The molecule has 0 radical (unpaired) electrons. The lowest BCUT2D eigenvalue weighted by Gasteiger charge is -2.35. The first kappa shape index (κ1) is 22.1. The van der Waals surface area contributed by atoms with Gasteiger partial charge in [-0.2, -0.15) is 4.52 Å². The number of hydrogen-bond acceptors (Lipinski definition) is 6. The number of nitrogens with zero attached hydrogens (tertiary/aromatic N) is 6. The average molecular weight is 482 g/mol. The fourth-order valence-corrected chi connectivity index (χ4v) is 4.62. The number of benzene rings is 3. The minimum Gasteiger partial charge on any atom is -0.352 e. The highest BCUT2D eigenvalue weighted by atomic mass is 19.1. The fraction of sp³-hybridized carbons (Fsp3) is 0.185. The molecule has 1 aliphatic rings. The van der Waals surface area contributed by atoms with E-state index in [0.717, 1.165) is 54.0 Å². The highest BCUT2D eigenvalue weighted by molar-refractivity contribution is 6.00. The van der Waals surface area contributed by atoms with Crippen LogP contribution in [0.5, 0.6) is 0 Å². The maximum atomic E-state index is 13.1. The van der Waals surface area contributed by atoms with Gasteiger partial charge in [0.2, 0.25) is 5.91 Å². The quantitative estimate of drug-likeness (QED) is 0.411. The lowest BCUT2D eigenvalue weighted by Crippen LogP contribution is -2.49. The minimum atomic E-state index is -0.328. The Balaban J connectivity index is 1.23. The monoisotopic (exact) mass is 481 g/mol. The van der Waals surface area contributed by atoms with Crippen LogP contribution in [0.3, 0.4) is 0 Å². The first-order chi connectivity index (χ1) is 17.7. The van der Waals surface area contributed by atoms with Crippen LogP contribution in [-0.4, -0.2) is 63.3 Å². The molecule has 8 nitrogen and oxygen atoms in total. The molecule has 9 heteroatoms. The van der Waals surface area contributed by atoms with Gasteiger partial charge < -0.3 is 10.2 Å². The van der Waals surface area contributed by atoms with Gasteiger partial charge in [-0.25, -0.2) is 4.39 Å². The number of halogens is 1. The molecule has 0 bridgehead atoms. The number of amides is 1. The Labute approximate surface area is 207 Å². The van der Waals surface area contributed by atoms with E-state index >= 15 is 0 Å². The molecule has 0 spiro atoms. The summed E-state index contributed by atoms with van der Waals surface area (Å²) in [4.78, 5) is 16.9. The van der Waals surface area contributed by atoms with Crippen molar-refractivity contribution < 1.29 is 9.18 Å². The van der Waals surface area contributed by atoms with Gasteiger partial charge in [0.25, 0.3) is 0 Å². The summed E-state index contributed by atoms with van der Waals surface area (Å²) in [7, 11) is 0. The lowest BCUT2D eigenvalue weighted by atomic mass is 10.1. The van der Waals surface area contributed by atoms with Crippen molar-refractivity contribution in [3.8, 4) is 11.4 Å². The van der Waals surface area contributed by atoms with Gasteiger partial charge in [-0.1, -0.05) is 54.6 Å². The van der Waals surface area contributed by atoms with Gasteiger partial charge in [-0.15, -0.1) is 15.3 Å². The van der Waals surface area contributed by atoms with Crippen molar-refractivity contribution in [2.45, 2.75) is 0 Å². The molecular formula is C27H24FN7O. The van der Waals surface area contributed by atoms with Crippen LogP contribution in [0.15, 0.2) is 78.9 Å². The van der Waals surface area contributed by atoms with Gasteiger partial charge >= 0.3 is 0 Å². The summed E-state index contributed by atoms with van der Waals surface area (Å²) in [6, 6.07) is 23.9. The van der Waals surface area contributed by atoms with Crippen molar-refractivity contribution in [1.82, 2.24) is 24.7 Å². The molecule has 1 aliphatic heterocycles. The Kier molecular flexibility index (Phi) is 5.74. The van der Waals surface area contributed by atoms with E-state index in [9.17, 15) is 9.18 Å². The van der Waals surface area contributed by atoms with Crippen molar-refractivity contribution in [3.05, 3.63) is 84.7 Å². The molecule has 0 atom stereocenters. The molecule has 1 fully saturated rings. The molecule has 1 saturated heterocycles. The molecule has 180 valence electrons. The molecule has 3 aromatic carbocycles. The summed E-state index contributed by atoms with van der Waals surface area (Å²) in [6.07, 6.45) is 0. The normalized spacial score (nSPS) is 14.4. The molecule has 0 aliphatic carbocycles. The topological polar surface area (TPSA) is 78.7 Å². The first-order valence-electron chi connectivity index (χ1n) is 11.9. The first-order valence-corrected chi connectivity index (χ1v) is 11.9. The van der Waals surface area contributed by atoms with Gasteiger partial charge in [0, 0.05) is 48.2 Å². The second-order valence-electron chi connectivity index (χ2n) is 8.81. The third kappa shape index (κ3) is 4.25. The Morgan fingerprint density at radius 1 is 0.833 bits per heavy atom. The van der Waals surface area contributed by atoms with Crippen LogP contribution in [0.1, 0.15) is 0 Å². The summed E-state index contributed by atoms with van der Waals surface area (Å²) < 4.78 is 14.9. The average Bonchev–Trinajstić information content (AvgIpc) is 3.35. The Hall–Kier alpha value is -4.37. The molecule has 1 amide bonds. The maximum absolute atomic E-state index is 13.1. The van der Waals surface area contributed by atoms with Crippen molar-refractivity contribution in [2.24, 2.45) is 0 Å². The molecule has 0 saturated carbocycles.